The van der Waals surface area contributed by atoms with E-state index in [0.29, 0.717) is 33.5 Å². The maximum absolute atomic E-state index is 14.0. The Labute approximate surface area is 212 Å². The number of aromatic nitrogens is 4. The molecule has 2 bridgehead atoms. The molecule has 3 heterocycles. The number of nitrogens with zero attached hydrogens (tertiary/aromatic N) is 6. The molecule has 3 saturated carbocycles. The first-order chi connectivity index (χ1) is 17.3. The fourth-order valence-electron chi connectivity index (χ4n) is 5.88. The van der Waals surface area contributed by atoms with Crippen molar-refractivity contribution >= 4 is 51.0 Å². The summed E-state index contributed by atoms with van der Waals surface area (Å²) in [5.41, 5.74) is 8.31. The number of carbonyl (C=O) groups is 2. The zero-order valence-electron chi connectivity index (χ0n) is 20.1. The van der Waals surface area contributed by atoms with Gasteiger partial charge in [-0.2, -0.15) is 5.10 Å². The van der Waals surface area contributed by atoms with E-state index in [0.717, 1.165) is 42.0 Å². The van der Waals surface area contributed by atoms with Crippen LogP contribution < -0.4 is 5.73 Å². The van der Waals surface area contributed by atoms with Gasteiger partial charge in [0.2, 0.25) is 5.91 Å². The van der Waals surface area contributed by atoms with E-state index in [-0.39, 0.29) is 23.8 Å². The van der Waals surface area contributed by atoms with E-state index >= 15 is 0 Å². The van der Waals surface area contributed by atoms with E-state index < -0.39 is 0 Å². The molecule has 9 nitrogen and oxygen atoms in total. The fourth-order valence-corrected chi connectivity index (χ4v) is 5.99. The molecule has 1 aromatic carbocycles. The molecule has 0 aliphatic heterocycles. The van der Waals surface area contributed by atoms with Crippen LogP contribution in [0.1, 0.15) is 41.7 Å². The average Bonchev–Trinajstić information content (AvgIpc) is 3.58. The summed E-state index contributed by atoms with van der Waals surface area (Å²) < 4.78 is 1.72. The first-order valence-electron chi connectivity index (χ1n) is 12.0. The summed E-state index contributed by atoms with van der Waals surface area (Å²) in [5, 5.41) is 9.28. The third kappa shape index (κ3) is 3.49. The number of aryl methyl sites for hydroxylation is 1. The van der Waals surface area contributed by atoms with E-state index in [4.69, 9.17) is 17.3 Å². The molecular formula is C26H26ClN7O2. The van der Waals surface area contributed by atoms with Gasteiger partial charge in [-0.25, -0.2) is 9.99 Å². The van der Waals surface area contributed by atoms with Crippen LogP contribution in [0.25, 0.3) is 21.8 Å². The summed E-state index contributed by atoms with van der Waals surface area (Å²) in [6.45, 7) is 0.136. The Kier molecular flexibility index (Phi) is 5.15. The van der Waals surface area contributed by atoms with E-state index in [1.54, 1.807) is 54.5 Å². The number of fused-ring (bicyclic) bond motifs is 4. The van der Waals surface area contributed by atoms with Crippen molar-refractivity contribution < 1.29 is 9.59 Å². The lowest BCUT2D eigenvalue weighted by Crippen LogP contribution is -2.54. The SMILES string of the molecule is CN(C(=O)C12CCC(C1)C2)N(Cc1ccc(Cl)cn1)C(=O)c1ccc2nc(N)c3cnn(C)c3c2c1. The molecule has 3 aliphatic rings. The maximum Gasteiger partial charge on any atom is 0.272 e. The predicted octanol–water partition coefficient (Wildman–Crippen LogP) is 3.96. The van der Waals surface area contributed by atoms with Crippen molar-refractivity contribution in [1.29, 1.82) is 0 Å². The first-order valence-corrected chi connectivity index (χ1v) is 12.3. The van der Waals surface area contributed by atoms with Crippen LogP contribution in [0.3, 0.4) is 0 Å². The van der Waals surface area contributed by atoms with Crippen LogP contribution in [0.5, 0.6) is 0 Å². The number of hydrazine groups is 1. The zero-order chi connectivity index (χ0) is 25.2. The van der Waals surface area contributed by atoms with Crippen molar-refractivity contribution in [3.8, 4) is 0 Å². The van der Waals surface area contributed by atoms with Crippen LogP contribution in [-0.4, -0.2) is 48.6 Å². The third-order valence-corrected chi connectivity index (χ3v) is 8.01. The lowest BCUT2D eigenvalue weighted by molar-refractivity contribution is -0.158. The first kappa shape index (κ1) is 22.7. The van der Waals surface area contributed by atoms with Gasteiger partial charge in [-0.05, 0) is 61.9 Å². The molecule has 4 aromatic rings. The number of anilines is 1. The van der Waals surface area contributed by atoms with Gasteiger partial charge in [-0.15, -0.1) is 0 Å². The molecule has 3 aliphatic carbocycles. The monoisotopic (exact) mass is 503 g/mol. The Hall–Kier alpha value is -3.72. The number of benzene rings is 1. The normalized spacial score (nSPS) is 20.5. The maximum atomic E-state index is 14.0. The summed E-state index contributed by atoms with van der Waals surface area (Å²) >= 11 is 6.02. The van der Waals surface area contributed by atoms with Gasteiger partial charge in [0.1, 0.15) is 5.82 Å². The van der Waals surface area contributed by atoms with Gasteiger partial charge in [-0.3, -0.25) is 24.3 Å². The molecule has 10 heteroatoms. The third-order valence-electron chi connectivity index (χ3n) is 7.79. The molecule has 3 aromatic heterocycles. The molecule has 184 valence electrons. The highest BCUT2D eigenvalue weighted by Gasteiger charge is 2.56. The standard InChI is InChI=1S/C26H26ClN7O2/c1-32-22-19-9-16(3-6-21(19)31-23(28)20(22)13-30-32)24(35)34(14-18-5-4-17(27)12-29-18)33(2)25(36)26-8-7-15(10-26)11-26/h3-6,9,12-13,15H,7-8,10-11,14H2,1-2H3,(H2,28,31). The quantitative estimate of drug-likeness (QED) is 0.422. The summed E-state index contributed by atoms with van der Waals surface area (Å²) in [4.78, 5) is 36.4. The molecule has 7 rings (SSSR count). The van der Waals surface area contributed by atoms with Crippen LogP contribution in [0, 0.1) is 11.3 Å². The van der Waals surface area contributed by atoms with E-state index in [9.17, 15) is 9.59 Å². The topological polar surface area (TPSA) is 110 Å². The van der Waals surface area contributed by atoms with Crippen molar-refractivity contribution in [3.05, 3.63) is 59.0 Å². The molecule has 0 spiro atoms. The molecule has 0 atom stereocenters. The molecule has 0 radical (unpaired) electrons. The molecule has 2 N–H and O–H groups in total. The summed E-state index contributed by atoms with van der Waals surface area (Å²) in [6, 6.07) is 8.78. The number of rotatable bonds is 4. The lowest BCUT2D eigenvalue weighted by atomic mass is 9.69. The Balaban J connectivity index is 1.40. The highest BCUT2D eigenvalue weighted by molar-refractivity contribution is 6.30. The van der Waals surface area contributed by atoms with Crippen LogP contribution in [0.2, 0.25) is 5.02 Å². The number of hydrogen-bond acceptors (Lipinski definition) is 6. The van der Waals surface area contributed by atoms with E-state index in [1.807, 2.05) is 7.05 Å². The van der Waals surface area contributed by atoms with Crippen molar-refractivity contribution in [3.63, 3.8) is 0 Å². The largest absolute Gasteiger partial charge is 0.383 e. The lowest BCUT2D eigenvalue weighted by Gasteiger charge is -2.42. The van der Waals surface area contributed by atoms with Crippen LogP contribution in [-0.2, 0) is 18.4 Å². The second kappa shape index (κ2) is 8.16. The minimum Gasteiger partial charge on any atom is -0.383 e. The Morgan fingerprint density at radius 2 is 2.00 bits per heavy atom. The average molecular weight is 504 g/mol. The molecule has 36 heavy (non-hydrogen) atoms. The van der Waals surface area contributed by atoms with Gasteiger partial charge in [0.15, 0.2) is 0 Å². The number of nitrogens with two attached hydrogens (primary N) is 1. The highest BCUT2D eigenvalue weighted by Crippen LogP contribution is 2.59. The summed E-state index contributed by atoms with van der Waals surface area (Å²) in [6.07, 6.45) is 6.97. The fraction of sp³-hybridized carbons (Fsp3) is 0.346. The van der Waals surface area contributed by atoms with Gasteiger partial charge >= 0.3 is 0 Å². The van der Waals surface area contributed by atoms with Crippen molar-refractivity contribution in [2.75, 3.05) is 12.8 Å². The highest BCUT2D eigenvalue weighted by atomic mass is 35.5. The molecule has 0 saturated heterocycles. The predicted molar refractivity (Wildman–Crippen MR) is 137 cm³/mol. The Morgan fingerprint density at radius 3 is 2.69 bits per heavy atom. The van der Waals surface area contributed by atoms with Crippen LogP contribution in [0.4, 0.5) is 5.82 Å². The van der Waals surface area contributed by atoms with Gasteiger partial charge in [0, 0.05) is 31.2 Å². The molecule has 3 fully saturated rings. The zero-order valence-corrected chi connectivity index (χ0v) is 20.9. The van der Waals surface area contributed by atoms with Crippen molar-refractivity contribution in [1.82, 2.24) is 29.8 Å². The van der Waals surface area contributed by atoms with Crippen LogP contribution >= 0.6 is 11.6 Å². The number of pyridine rings is 2. The number of halogens is 1. The number of hydrogen-bond donors (Lipinski definition) is 1. The second-order valence-electron chi connectivity index (χ2n) is 10.0. The Morgan fingerprint density at radius 1 is 1.19 bits per heavy atom. The summed E-state index contributed by atoms with van der Waals surface area (Å²) in [7, 11) is 3.51. The van der Waals surface area contributed by atoms with Crippen molar-refractivity contribution in [2.24, 2.45) is 18.4 Å². The Bertz CT molecular complexity index is 1520. The number of carbonyl (C=O) groups excluding carboxylic acids is 2. The number of nitrogen functional groups attached to an aromatic ring is 1. The van der Waals surface area contributed by atoms with Gasteiger partial charge in [0.25, 0.3) is 5.91 Å². The van der Waals surface area contributed by atoms with Crippen LogP contribution in [0.15, 0.2) is 42.7 Å². The minimum atomic E-state index is -0.350. The van der Waals surface area contributed by atoms with Gasteiger partial charge in [-0.1, -0.05) is 11.6 Å². The molecule has 2 amide bonds. The van der Waals surface area contributed by atoms with E-state index in [1.165, 1.54) is 10.0 Å². The second-order valence-corrected chi connectivity index (χ2v) is 10.4. The molecular weight excluding hydrogens is 478 g/mol. The molecule has 0 unspecified atom stereocenters. The van der Waals surface area contributed by atoms with Gasteiger partial charge in [0.05, 0.1) is 45.3 Å². The minimum absolute atomic E-state index is 0.0113. The van der Waals surface area contributed by atoms with Crippen molar-refractivity contribution in [2.45, 2.75) is 32.2 Å². The summed E-state index contributed by atoms with van der Waals surface area (Å²) in [5.74, 6) is 0.705. The van der Waals surface area contributed by atoms with E-state index in [2.05, 4.69) is 15.1 Å². The smallest absolute Gasteiger partial charge is 0.272 e. The number of amides is 2. The van der Waals surface area contributed by atoms with Gasteiger partial charge < -0.3 is 5.73 Å².